The number of hydrogen-bond acceptors (Lipinski definition) is 2. The molecule has 0 unspecified atom stereocenters. The summed E-state index contributed by atoms with van der Waals surface area (Å²) in [5.41, 5.74) is 4.54. The molecule has 0 amide bonds. The van der Waals surface area contributed by atoms with E-state index in [0.29, 0.717) is 0 Å². The summed E-state index contributed by atoms with van der Waals surface area (Å²) in [6, 6.07) is 12.2. The minimum absolute atomic E-state index is 0.0277. The van der Waals surface area contributed by atoms with Crippen LogP contribution in [-0.4, -0.2) is 14.3 Å². The van der Waals surface area contributed by atoms with Gasteiger partial charge in [-0.05, 0) is 42.4 Å². The van der Waals surface area contributed by atoms with E-state index in [9.17, 15) is 4.79 Å². The Morgan fingerprint density at radius 1 is 1.00 bits per heavy atom. The Labute approximate surface area is 155 Å². The molecule has 4 nitrogen and oxygen atoms in total. The van der Waals surface area contributed by atoms with Crippen molar-refractivity contribution in [3.05, 3.63) is 70.9 Å². The van der Waals surface area contributed by atoms with Crippen LogP contribution in [0.5, 0.6) is 0 Å². The monoisotopic (exact) mass is 349 g/mol. The van der Waals surface area contributed by atoms with Crippen LogP contribution in [0, 0.1) is 5.92 Å². The van der Waals surface area contributed by atoms with Gasteiger partial charge in [0.05, 0.1) is 11.9 Å². The molecule has 2 aromatic heterocycles. The third-order valence-electron chi connectivity index (χ3n) is 4.58. The highest BCUT2D eigenvalue weighted by Gasteiger charge is 2.06. The molecule has 0 radical (unpaired) electrons. The molecule has 2 heterocycles. The lowest BCUT2D eigenvalue weighted by Crippen LogP contribution is -2.19. The van der Waals surface area contributed by atoms with E-state index in [2.05, 4.69) is 50.1 Å². The van der Waals surface area contributed by atoms with Gasteiger partial charge in [0, 0.05) is 30.6 Å². The lowest BCUT2D eigenvalue weighted by Gasteiger charge is -2.07. The largest absolute Gasteiger partial charge is 0.313 e. The zero-order chi connectivity index (χ0) is 18.5. The van der Waals surface area contributed by atoms with Crippen molar-refractivity contribution in [3.8, 4) is 16.8 Å². The first-order valence-corrected chi connectivity index (χ1v) is 9.41. The van der Waals surface area contributed by atoms with E-state index in [1.807, 2.05) is 29.3 Å². The minimum Gasteiger partial charge on any atom is -0.313 e. The molecule has 3 aromatic rings. The Kier molecular flexibility index (Phi) is 5.71. The smallest absolute Gasteiger partial charge is 0.250 e. The Balaban J connectivity index is 1.79. The first-order valence-electron chi connectivity index (χ1n) is 9.41. The van der Waals surface area contributed by atoms with Crippen LogP contribution in [-0.2, 0) is 13.0 Å². The van der Waals surface area contributed by atoms with Crippen molar-refractivity contribution < 1.29 is 0 Å². The summed E-state index contributed by atoms with van der Waals surface area (Å²) in [7, 11) is 0. The van der Waals surface area contributed by atoms with E-state index in [1.54, 1.807) is 10.6 Å². The van der Waals surface area contributed by atoms with Gasteiger partial charge in [0.15, 0.2) is 0 Å². The normalized spacial score (nSPS) is 11.2. The Morgan fingerprint density at radius 2 is 1.77 bits per heavy atom. The molecule has 0 aliphatic heterocycles. The van der Waals surface area contributed by atoms with Crippen molar-refractivity contribution in [1.82, 2.24) is 14.3 Å². The molecular weight excluding hydrogens is 322 g/mol. The fraction of sp³-hybridized carbons (Fsp3) is 0.364. The second-order valence-corrected chi connectivity index (χ2v) is 7.22. The summed E-state index contributed by atoms with van der Waals surface area (Å²) in [6.07, 6.45) is 9.02. The van der Waals surface area contributed by atoms with Gasteiger partial charge in [0.25, 0.3) is 5.56 Å². The highest BCUT2D eigenvalue weighted by atomic mass is 16.1. The van der Waals surface area contributed by atoms with E-state index in [1.165, 1.54) is 12.0 Å². The van der Waals surface area contributed by atoms with Crippen molar-refractivity contribution >= 4 is 0 Å². The zero-order valence-corrected chi connectivity index (χ0v) is 15.9. The molecule has 0 spiro atoms. The maximum Gasteiger partial charge on any atom is 0.250 e. The van der Waals surface area contributed by atoms with Gasteiger partial charge in [-0.15, -0.1) is 0 Å². The van der Waals surface area contributed by atoms with Crippen LogP contribution >= 0.6 is 0 Å². The summed E-state index contributed by atoms with van der Waals surface area (Å²) in [4.78, 5) is 11.9. The van der Waals surface area contributed by atoms with E-state index < -0.39 is 0 Å². The Morgan fingerprint density at radius 3 is 2.46 bits per heavy atom. The average Bonchev–Trinajstić information content (AvgIpc) is 3.12. The quantitative estimate of drug-likeness (QED) is 0.620. The van der Waals surface area contributed by atoms with Crippen LogP contribution in [0.3, 0.4) is 0 Å². The molecule has 1 aromatic carbocycles. The first kappa shape index (κ1) is 18.2. The number of pyridine rings is 1. The summed E-state index contributed by atoms with van der Waals surface area (Å²) in [5, 5.41) is 4.48. The lowest BCUT2D eigenvalue weighted by molar-refractivity contribution is 0.587. The van der Waals surface area contributed by atoms with Crippen LogP contribution in [0.1, 0.15) is 39.2 Å². The zero-order valence-electron chi connectivity index (χ0n) is 15.9. The van der Waals surface area contributed by atoms with Crippen LogP contribution in [0.4, 0.5) is 0 Å². The molecule has 3 rings (SSSR count). The van der Waals surface area contributed by atoms with Crippen LogP contribution in [0.2, 0.25) is 0 Å². The van der Waals surface area contributed by atoms with Crippen LogP contribution < -0.4 is 5.56 Å². The van der Waals surface area contributed by atoms with E-state index >= 15 is 0 Å². The summed E-state index contributed by atoms with van der Waals surface area (Å²) >= 11 is 0. The minimum atomic E-state index is 0.0277. The van der Waals surface area contributed by atoms with Gasteiger partial charge >= 0.3 is 0 Å². The highest BCUT2D eigenvalue weighted by molar-refractivity contribution is 5.62. The van der Waals surface area contributed by atoms with Crippen LogP contribution in [0.15, 0.2) is 59.8 Å². The first-order chi connectivity index (χ1) is 12.6. The summed E-state index contributed by atoms with van der Waals surface area (Å²) in [6.45, 7) is 7.30. The predicted molar refractivity (Wildman–Crippen MR) is 107 cm³/mol. The standard InChI is InChI=1S/C22H27N3O/c1-4-13-24-16-21(11-12-22(24)26)25-15-20(14-23-25)19-9-7-18(8-10-19)6-5-17(2)3/h7-12,14-17H,4-6,13H2,1-3H3. The summed E-state index contributed by atoms with van der Waals surface area (Å²) in [5.74, 6) is 0.726. The summed E-state index contributed by atoms with van der Waals surface area (Å²) < 4.78 is 3.56. The molecule has 0 saturated carbocycles. The van der Waals surface area contributed by atoms with Crippen molar-refractivity contribution in [3.63, 3.8) is 0 Å². The predicted octanol–water partition coefficient (Wildman–Crippen LogP) is 4.70. The lowest BCUT2D eigenvalue weighted by atomic mass is 10.0. The van der Waals surface area contributed by atoms with Gasteiger partial charge < -0.3 is 4.57 Å². The molecule has 0 atom stereocenters. The topological polar surface area (TPSA) is 39.8 Å². The fourth-order valence-electron chi connectivity index (χ4n) is 3.00. The SMILES string of the molecule is CCCn1cc(-n2cc(-c3ccc(CCC(C)C)cc3)cn2)ccc1=O. The van der Waals surface area contributed by atoms with E-state index in [4.69, 9.17) is 0 Å². The van der Waals surface area contributed by atoms with Crippen LogP contribution in [0.25, 0.3) is 16.8 Å². The second kappa shape index (κ2) is 8.17. The third-order valence-corrected chi connectivity index (χ3v) is 4.58. The average molecular weight is 349 g/mol. The molecule has 136 valence electrons. The fourth-order valence-corrected chi connectivity index (χ4v) is 3.00. The number of benzene rings is 1. The van der Waals surface area contributed by atoms with Crippen molar-refractivity contribution in [2.24, 2.45) is 5.92 Å². The molecular formula is C22H27N3O. The van der Waals surface area contributed by atoms with Gasteiger partial charge in [-0.3, -0.25) is 4.79 Å². The van der Waals surface area contributed by atoms with Gasteiger partial charge in [0.1, 0.15) is 0 Å². The molecule has 4 heteroatoms. The Hall–Kier alpha value is -2.62. The molecule has 26 heavy (non-hydrogen) atoms. The van der Waals surface area contributed by atoms with Crippen molar-refractivity contribution in [2.75, 3.05) is 0 Å². The van der Waals surface area contributed by atoms with Gasteiger partial charge in [-0.25, -0.2) is 4.68 Å². The molecule has 0 N–H and O–H groups in total. The van der Waals surface area contributed by atoms with E-state index in [-0.39, 0.29) is 5.56 Å². The number of hydrogen-bond donors (Lipinski definition) is 0. The Bertz CT molecular complexity index is 904. The van der Waals surface area contributed by atoms with Crippen molar-refractivity contribution in [1.29, 1.82) is 0 Å². The van der Waals surface area contributed by atoms with E-state index in [0.717, 1.165) is 42.1 Å². The van der Waals surface area contributed by atoms with Gasteiger partial charge in [0.2, 0.25) is 0 Å². The number of rotatable bonds is 7. The maximum absolute atomic E-state index is 11.9. The molecule has 0 fully saturated rings. The van der Waals surface area contributed by atoms with Gasteiger partial charge in [-0.2, -0.15) is 5.10 Å². The molecule has 0 bridgehead atoms. The highest BCUT2D eigenvalue weighted by Crippen LogP contribution is 2.21. The van der Waals surface area contributed by atoms with Crippen molar-refractivity contribution in [2.45, 2.75) is 46.6 Å². The molecule has 0 aliphatic rings. The third kappa shape index (κ3) is 4.31. The van der Waals surface area contributed by atoms with Gasteiger partial charge in [-0.1, -0.05) is 45.0 Å². The maximum atomic E-state index is 11.9. The molecule has 0 aliphatic carbocycles. The second-order valence-electron chi connectivity index (χ2n) is 7.22. The molecule has 0 saturated heterocycles. The number of aromatic nitrogens is 3. The number of aryl methyl sites for hydroxylation is 2. The number of nitrogens with zero attached hydrogens (tertiary/aromatic N) is 3.